The summed E-state index contributed by atoms with van der Waals surface area (Å²) in [5.41, 5.74) is 2.30. The van der Waals surface area contributed by atoms with Gasteiger partial charge in [-0.15, -0.1) is 0 Å². The maximum absolute atomic E-state index is 5.78. The van der Waals surface area contributed by atoms with E-state index in [0.717, 1.165) is 49.0 Å². The lowest BCUT2D eigenvalue weighted by molar-refractivity contribution is 0.172. The van der Waals surface area contributed by atoms with Crippen molar-refractivity contribution < 1.29 is 14.2 Å². The van der Waals surface area contributed by atoms with E-state index in [0.29, 0.717) is 13.2 Å². The third-order valence-electron chi connectivity index (χ3n) is 5.21. The van der Waals surface area contributed by atoms with Gasteiger partial charge in [0.25, 0.3) is 0 Å². The molecule has 1 aliphatic carbocycles. The van der Waals surface area contributed by atoms with Gasteiger partial charge in [-0.3, -0.25) is 4.99 Å². The van der Waals surface area contributed by atoms with Gasteiger partial charge in [-0.2, -0.15) is 0 Å². The van der Waals surface area contributed by atoms with Crippen molar-refractivity contribution in [3.63, 3.8) is 0 Å². The van der Waals surface area contributed by atoms with Crippen molar-refractivity contribution in [2.75, 3.05) is 46.3 Å². The maximum atomic E-state index is 5.78. The average Bonchev–Trinajstić information content (AvgIpc) is 3.55. The number of methoxy groups -OCH3 is 2. The lowest BCUT2D eigenvalue weighted by Crippen LogP contribution is -2.36. The molecule has 0 amide bonds. The molecule has 6 heteroatoms. The molecule has 2 aromatic rings. The van der Waals surface area contributed by atoms with Crippen molar-refractivity contribution in [3.05, 3.63) is 54.1 Å². The first-order valence-electron chi connectivity index (χ1n) is 10.0. The van der Waals surface area contributed by atoms with Crippen molar-refractivity contribution in [1.29, 1.82) is 0 Å². The third-order valence-corrected chi connectivity index (χ3v) is 5.21. The molecule has 156 valence electrons. The van der Waals surface area contributed by atoms with E-state index < -0.39 is 0 Å². The topological polar surface area (TPSA) is 64.1 Å². The summed E-state index contributed by atoms with van der Waals surface area (Å²) in [6, 6.07) is 16.2. The monoisotopic (exact) mass is 397 g/mol. The molecule has 2 N–H and O–H groups in total. The number of anilines is 1. The summed E-state index contributed by atoms with van der Waals surface area (Å²) < 4.78 is 16.4. The van der Waals surface area contributed by atoms with E-state index in [1.54, 1.807) is 21.3 Å². The number of aliphatic imine (C=N–C) groups is 1. The average molecular weight is 398 g/mol. The SMILES string of the molecule is CN=C(NCC1(c2ccccc2OC)CC1)Nc1cccc(OCCCOC)c1. The minimum absolute atomic E-state index is 0.108. The highest BCUT2D eigenvalue weighted by atomic mass is 16.5. The Kier molecular flexibility index (Phi) is 7.36. The molecule has 0 bridgehead atoms. The number of guanidine groups is 1. The van der Waals surface area contributed by atoms with Crippen molar-refractivity contribution >= 4 is 11.6 Å². The van der Waals surface area contributed by atoms with Gasteiger partial charge in [0.15, 0.2) is 5.96 Å². The molecule has 6 nitrogen and oxygen atoms in total. The van der Waals surface area contributed by atoms with Crippen molar-refractivity contribution in [3.8, 4) is 11.5 Å². The van der Waals surface area contributed by atoms with Crippen LogP contribution in [0.15, 0.2) is 53.5 Å². The molecule has 1 aliphatic rings. The minimum atomic E-state index is 0.108. The Balaban J connectivity index is 1.57. The van der Waals surface area contributed by atoms with Gasteiger partial charge in [-0.1, -0.05) is 24.3 Å². The lowest BCUT2D eigenvalue weighted by Gasteiger charge is -2.21. The highest BCUT2D eigenvalue weighted by Crippen LogP contribution is 2.50. The summed E-state index contributed by atoms with van der Waals surface area (Å²) in [6.07, 6.45) is 3.15. The van der Waals surface area contributed by atoms with E-state index >= 15 is 0 Å². The molecule has 3 rings (SSSR count). The summed E-state index contributed by atoms with van der Waals surface area (Å²) in [5, 5.41) is 6.83. The Morgan fingerprint density at radius 2 is 1.90 bits per heavy atom. The van der Waals surface area contributed by atoms with Crippen molar-refractivity contribution in [2.45, 2.75) is 24.7 Å². The summed E-state index contributed by atoms with van der Waals surface area (Å²) in [5.74, 6) is 2.52. The van der Waals surface area contributed by atoms with E-state index in [1.807, 2.05) is 36.4 Å². The van der Waals surface area contributed by atoms with Crippen LogP contribution in [0.2, 0.25) is 0 Å². The van der Waals surface area contributed by atoms with Crippen LogP contribution in [0.1, 0.15) is 24.8 Å². The van der Waals surface area contributed by atoms with Crippen LogP contribution >= 0.6 is 0 Å². The molecule has 29 heavy (non-hydrogen) atoms. The van der Waals surface area contributed by atoms with E-state index in [1.165, 1.54) is 5.56 Å². The van der Waals surface area contributed by atoms with Crippen LogP contribution in [0.25, 0.3) is 0 Å². The second kappa shape index (κ2) is 10.2. The van der Waals surface area contributed by atoms with E-state index in [9.17, 15) is 0 Å². The highest BCUT2D eigenvalue weighted by molar-refractivity contribution is 5.93. The number of hydrogen-bond acceptors (Lipinski definition) is 4. The van der Waals surface area contributed by atoms with E-state index in [2.05, 4.69) is 27.8 Å². The smallest absolute Gasteiger partial charge is 0.195 e. The number of nitrogens with zero attached hydrogens (tertiary/aromatic N) is 1. The minimum Gasteiger partial charge on any atom is -0.496 e. The van der Waals surface area contributed by atoms with Crippen molar-refractivity contribution in [2.24, 2.45) is 4.99 Å². The number of ether oxygens (including phenoxy) is 3. The van der Waals surface area contributed by atoms with Crippen LogP contribution < -0.4 is 20.1 Å². The molecule has 0 aromatic heterocycles. The van der Waals surface area contributed by atoms with Gasteiger partial charge in [-0.05, 0) is 31.0 Å². The van der Waals surface area contributed by atoms with Gasteiger partial charge >= 0.3 is 0 Å². The molecule has 1 saturated carbocycles. The van der Waals surface area contributed by atoms with Gasteiger partial charge in [0.1, 0.15) is 11.5 Å². The summed E-state index contributed by atoms with van der Waals surface area (Å²) >= 11 is 0. The predicted octanol–water partition coefficient (Wildman–Crippen LogP) is 3.83. The van der Waals surface area contributed by atoms with E-state index in [4.69, 9.17) is 14.2 Å². The molecular weight excluding hydrogens is 366 g/mol. The molecule has 1 fully saturated rings. The van der Waals surface area contributed by atoms with Crippen LogP contribution in [0.3, 0.4) is 0 Å². The molecule has 0 heterocycles. The second-order valence-electron chi connectivity index (χ2n) is 7.25. The first-order valence-corrected chi connectivity index (χ1v) is 10.0. The van der Waals surface area contributed by atoms with Crippen LogP contribution in [0.4, 0.5) is 5.69 Å². The summed E-state index contributed by atoms with van der Waals surface area (Å²) in [4.78, 5) is 4.37. The van der Waals surface area contributed by atoms with Gasteiger partial charge in [0.05, 0.1) is 13.7 Å². The van der Waals surface area contributed by atoms with Crippen LogP contribution in [-0.4, -0.2) is 47.0 Å². The Hall–Kier alpha value is -2.73. The first kappa shape index (κ1) is 21.0. The highest BCUT2D eigenvalue weighted by Gasteiger charge is 2.46. The number of hydrogen-bond donors (Lipinski definition) is 2. The number of nitrogens with one attached hydrogen (secondary N) is 2. The molecule has 0 atom stereocenters. The normalized spacial score (nSPS) is 14.9. The summed E-state index contributed by atoms with van der Waals surface area (Å²) in [6.45, 7) is 2.13. The maximum Gasteiger partial charge on any atom is 0.195 e. The van der Waals surface area contributed by atoms with Crippen LogP contribution in [-0.2, 0) is 10.2 Å². The molecule has 0 radical (unpaired) electrons. The van der Waals surface area contributed by atoms with Crippen LogP contribution in [0, 0.1) is 0 Å². The summed E-state index contributed by atoms with van der Waals surface area (Å²) in [7, 11) is 5.21. The fourth-order valence-electron chi connectivity index (χ4n) is 3.40. The zero-order valence-corrected chi connectivity index (χ0v) is 17.5. The predicted molar refractivity (Wildman–Crippen MR) is 117 cm³/mol. The number of benzene rings is 2. The molecule has 0 spiro atoms. The van der Waals surface area contributed by atoms with Gasteiger partial charge in [0, 0.05) is 56.5 Å². The zero-order valence-electron chi connectivity index (χ0n) is 17.5. The quantitative estimate of drug-likeness (QED) is 0.362. The first-order chi connectivity index (χ1) is 14.2. The number of rotatable bonds is 10. The molecular formula is C23H31N3O3. The molecule has 0 aliphatic heterocycles. The number of para-hydroxylation sites is 1. The molecule has 0 saturated heterocycles. The largest absolute Gasteiger partial charge is 0.496 e. The van der Waals surface area contributed by atoms with Gasteiger partial charge in [-0.25, -0.2) is 0 Å². The zero-order chi connectivity index (χ0) is 20.5. The Labute approximate surface area is 173 Å². The van der Waals surface area contributed by atoms with E-state index in [-0.39, 0.29) is 5.41 Å². The standard InChI is InChI=1S/C23H31N3O3/c1-24-22(26-18-8-6-9-19(16-18)29-15-7-14-27-2)25-17-23(12-13-23)20-10-4-5-11-21(20)28-3/h4-6,8-11,16H,7,12-15,17H2,1-3H3,(H2,24,25,26). The third kappa shape index (κ3) is 5.64. The van der Waals surface area contributed by atoms with Crippen LogP contribution in [0.5, 0.6) is 11.5 Å². The fourth-order valence-corrected chi connectivity index (χ4v) is 3.40. The fraction of sp³-hybridized carbons (Fsp3) is 0.435. The van der Waals surface area contributed by atoms with Gasteiger partial charge in [0.2, 0.25) is 0 Å². The Morgan fingerprint density at radius 3 is 2.62 bits per heavy atom. The molecule has 2 aromatic carbocycles. The van der Waals surface area contributed by atoms with Crippen molar-refractivity contribution in [1.82, 2.24) is 5.32 Å². The molecule has 0 unspecified atom stereocenters. The lowest BCUT2D eigenvalue weighted by atomic mass is 9.95. The second-order valence-corrected chi connectivity index (χ2v) is 7.25. The Bertz CT molecular complexity index is 819. The van der Waals surface area contributed by atoms with Gasteiger partial charge < -0.3 is 24.8 Å². The Morgan fingerprint density at radius 1 is 1.07 bits per heavy atom.